The number of anilines is 1. The highest BCUT2D eigenvalue weighted by Crippen LogP contribution is 2.24. The first kappa shape index (κ1) is 16.4. The highest BCUT2D eigenvalue weighted by Gasteiger charge is 2.09. The molecule has 0 unspecified atom stereocenters. The molecule has 128 valence electrons. The maximum absolute atomic E-state index is 12.4. The minimum absolute atomic E-state index is 0.181. The number of H-pyrrole nitrogens is 1. The van der Waals surface area contributed by atoms with Crippen LogP contribution in [0, 0.1) is 6.92 Å². The molecule has 0 radical (unpaired) electrons. The van der Waals surface area contributed by atoms with Gasteiger partial charge in [-0.2, -0.15) is 0 Å². The number of aromatic nitrogens is 2. The van der Waals surface area contributed by atoms with Gasteiger partial charge in [-0.1, -0.05) is 29.8 Å². The minimum atomic E-state index is -0.181. The number of carbonyl (C=O) groups is 1. The Bertz CT molecular complexity index is 1100. The van der Waals surface area contributed by atoms with Crippen molar-refractivity contribution in [2.24, 2.45) is 0 Å². The topological polar surface area (TPSA) is 57.8 Å². The summed E-state index contributed by atoms with van der Waals surface area (Å²) in [7, 11) is 0. The normalized spacial score (nSPS) is 10.8. The van der Waals surface area contributed by atoms with Crippen molar-refractivity contribution in [3.05, 3.63) is 82.9 Å². The van der Waals surface area contributed by atoms with Gasteiger partial charge in [-0.15, -0.1) is 0 Å². The summed E-state index contributed by atoms with van der Waals surface area (Å²) in [6.45, 7) is 2.05. The van der Waals surface area contributed by atoms with Crippen molar-refractivity contribution in [3.8, 4) is 11.4 Å². The molecular formula is C21H16ClN3O. The van der Waals surface area contributed by atoms with Crippen LogP contribution < -0.4 is 5.32 Å². The largest absolute Gasteiger partial charge is 0.338 e. The van der Waals surface area contributed by atoms with E-state index in [9.17, 15) is 4.79 Å². The van der Waals surface area contributed by atoms with E-state index in [4.69, 9.17) is 11.6 Å². The van der Waals surface area contributed by atoms with Gasteiger partial charge in [0.05, 0.1) is 11.0 Å². The molecule has 26 heavy (non-hydrogen) atoms. The molecule has 4 rings (SSSR count). The number of rotatable bonds is 3. The number of aromatic amines is 1. The van der Waals surface area contributed by atoms with Gasteiger partial charge in [0, 0.05) is 21.8 Å². The van der Waals surface area contributed by atoms with Crippen molar-refractivity contribution in [1.82, 2.24) is 9.97 Å². The Morgan fingerprint density at radius 3 is 2.65 bits per heavy atom. The third kappa shape index (κ3) is 3.32. The van der Waals surface area contributed by atoms with Gasteiger partial charge in [0.25, 0.3) is 5.91 Å². The number of amides is 1. The van der Waals surface area contributed by atoms with Gasteiger partial charge < -0.3 is 10.3 Å². The van der Waals surface area contributed by atoms with Crippen molar-refractivity contribution < 1.29 is 4.79 Å². The Labute approximate surface area is 155 Å². The summed E-state index contributed by atoms with van der Waals surface area (Å²) in [5, 5.41) is 3.51. The van der Waals surface area contributed by atoms with Crippen LogP contribution in [0.5, 0.6) is 0 Å². The minimum Gasteiger partial charge on any atom is -0.338 e. The van der Waals surface area contributed by atoms with E-state index in [1.807, 2.05) is 43.3 Å². The van der Waals surface area contributed by atoms with E-state index < -0.39 is 0 Å². The van der Waals surface area contributed by atoms with Crippen LogP contribution in [0.4, 0.5) is 5.69 Å². The standard InChI is InChI=1S/C21H16ClN3O/c1-13-5-10-18-19(11-13)25-20(24-18)15-3-2-4-17(12-15)23-21(26)14-6-8-16(22)9-7-14/h2-12H,1H3,(H,23,26)(H,24,25). The highest BCUT2D eigenvalue weighted by molar-refractivity contribution is 6.30. The van der Waals surface area contributed by atoms with Gasteiger partial charge in [-0.25, -0.2) is 4.98 Å². The number of imidazole rings is 1. The van der Waals surface area contributed by atoms with E-state index in [-0.39, 0.29) is 5.91 Å². The van der Waals surface area contributed by atoms with E-state index in [0.717, 1.165) is 22.4 Å². The Hall–Kier alpha value is -3.11. The van der Waals surface area contributed by atoms with Gasteiger partial charge in [-0.05, 0) is 61.0 Å². The molecule has 0 aliphatic rings. The molecular weight excluding hydrogens is 346 g/mol. The Balaban J connectivity index is 1.61. The van der Waals surface area contributed by atoms with E-state index in [0.29, 0.717) is 16.3 Å². The van der Waals surface area contributed by atoms with Gasteiger partial charge in [0.15, 0.2) is 0 Å². The molecule has 3 aromatic carbocycles. The number of nitrogens with one attached hydrogen (secondary N) is 2. The average molecular weight is 362 g/mol. The summed E-state index contributed by atoms with van der Waals surface area (Å²) in [5.41, 5.74) is 5.26. The maximum atomic E-state index is 12.4. The van der Waals surface area contributed by atoms with Crippen LogP contribution in [0.3, 0.4) is 0 Å². The predicted octanol–water partition coefficient (Wildman–Crippen LogP) is 5.44. The number of nitrogens with zero attached hydrogens (tertiary/aromatic N) is 1. The molecule has 1 aromatic heterocycles. The highest BCUT2D eigenvalue weighted by atomic mass is 35.5. The number of aryl methyl sites for hydroxylation is 1. The zero-order valence-electron chi connectivity index (χ0n) is 14.1. The summed E-state index contributed by atoms with van der Waals surface area (Å²) in [4.78, 5) is 20.3. The van der Waals surface area contributed by atoms with Crippen molar-refractivity contribution in [2.45, 2.75) is 6.92 Å². The molecule has 0 bridgehead atoms. The second-order valence-corrected chi connectivity index (χ2v) is 6.58. The quantitative estimate of drug-likeness (QED) is 0.510. The van der Waals surface area contributed by atoms with Crippen LogP contribution >= 0.6 is 11.6 Å². The lowest BCUT2D eigenvalue weighted by Crippen LogP contribution is -2.11. The zero-order valence-corrected chi connectivity index (χ0v) is 14.8. The Morgan fingerprint density at radius 2 is 1.85 bits per heavy atom. The lowest BCUT2D eigenvalue weighted by Gasteiger charge is -2.07. The van der Waals surface area contributed by atoms with Crippen LogP contribution in [-0.2, 0) is 0 Å². The number of halogens is 1. The average Bonchev–Trinajstić information content (AvgIpc) is 3.05. The molecule has 2 N–H and O–H groups in total. The monoisotopic (exact) mass is 361 g/mol. The summed E-state index contributed by atoms with van der Waals surface area (Å²) in [6, 6.07) is 20.5. The first-order valence-electron chi connectivity index (χ1n) is 8.22. The number of hydrogen-bond donors (Lipinski definition) is 2. The van der Waals surface area contributed by atoms with Gasteiger partial charge in [0.1, 0.15) is 5.82 Å². The molecule has 0 aliphatic heterocycles. The second-order valence-electron chi connectivity index (χ2n) is 6.15. The number of fused-ring (bicyclic) bond motifs is 1. The molecule has 0 atom stereocenters. The second kappa shape index (κ2) is 6.65. The molecule has 0 aliphatic carbocycles. The molecule has 0 saturated carbocycles. The summed E-state index contributed by atoms with van der Waals surface area (Å²) >= 11 is 5.87. The van der Waals surface area contributed by atoms with Crippen molar-refractivity contribution in [1.29, 1.82) is 0 Å². The van der Waals surface area contributed by atoms with Gasteiger partial charge >= 0.3 is 0 Å². The molecule has 0 saturated heterocycles. The third-order valence-electron chi connectivity index (χ3n) is 4.14. The third-order valence-corrected chi connectivity index (χ3v) is 4.39. The lowest BCUT2D eigenvalue weighted by atomic mass is 10.1. The van der Waals surface area contributed by atoms with E-state index in [1.54, 1.807) is 24.3 Å². The SMILES string of the molecule is Cc1ccc2nc(-c3cccc(NC(=O)c4ccc(Cl)cc4)c3)[nH]c2c1. The fourth-order valence-electron chi connectivity index (χ4n) is 2.81. The molecule has 1 heterocycles. The summed E-state index contributed by atoms with van der Waals surface area (Å²) in [5.74, 6) is 0.590. The smallest absolute Gasteiger partial charge is 0.255 e. The predicted molar refractivity (Wildman–Crippen MR) is 106 cm³/mol. The fourth-order valence-corrected chi connectivity index (χ4v) is 2.93. The van der Waals surface area contributed by atoms with Gasteiger partial charge in [0.2, 0.25) is 0 Å². The van der Waals surface area contributed by atoms with Crippen LogP contribution in [0.15, 0.2) is 66.7 Å². The molecule has 4 nitrogen and oxygen atoms in total. The molecule has 5 heteroatoms. The van der Waals surface area contributed by atoms with Crippen molar-refractivity contribution in [2.75, 3.05) is 5.32 Å². The Kier molecular flexibility index (Phi) is 4.19. The fraction of sp³-hybridized carbons (Fsp3) is 0.0476. The maximum Gasteiger partial charge on any atom is 0.255 e. The first-order valence-corrected chi connectivity index (χ1v) is 8.60. The van der Waals surface area contributed by atoms with Crippen LogP contribution in [0.2, 0.25) is 5.02 Å². The van der Waals surface area contributed by atoms with Crippen molar-refractivity contribution >= 4 is 34.2 Å². The summed E-state index contributed by atoms with van der Waals surface area (Å²) in [6.07, 6.45) is 0. The number of carbonyl (C=O) groups excluding carboxylic acids is 1. The molecule has 1 amide bonds. The molecule has 0 fully saturated rings. The lowest BCUT2D eigenvalue weighted by molar-refractivity contribution is 0.102. The number of hydrogen-bond acceptors (Lipinski definition) is 2. The van der Waals surface area contributed by atoms with Gasteiger partial charge in [-0.3, -0.25) is 4.79 Å². The summed E-state index contributed by atoms with van der Waals surface area (Å²) < 4.78 is 0. The molecule has 0 spiro atoms. The van der Waals surface area contributed by atoms with Crippen LogP contribution in [0.25, 0.3) is 22.4 Å². The Morgan fingerprint density at radius 1 is 1.04 bits per heavy atom. The van der Waals surface area contributed by atoms with E-state index in [2.05, 4.69) is 21.4 Å². The first-order chi connectivity index (χ1) is 12.6. The van der Waals surface area contributed by atoms with Crippen molar-refractivity contribution in [3.63, 3.8) is 0 Å². The zero-order chi connectivity index (χ0) is 18.1. The van der Waals surface area contributed by atoms with E-state index >= 15 is 0 Å². The van der Waals surface area contributed by atoms with Crippen LogP contribution in [-0.4, -0.2) is 15.9 Å². The molecule has 4 aromatic rings. The number of benzene rings is 3. The van der Waals surface area contributed by atoms with Crippen LogP contribution in [0.1, 0.15) is 15.9 Å². The van der Waals surface area contributed by atoms with E-state index in [1.165, 1.54) is 5.56 Å².